The van der Waals surface area contributed by atoms with Crippen molar-refractivity contribution in [3.05, 3.63) is 39.9 Å². The lowest BCUT2D eigenvalue weighted by molar-refractivity contribution is 0.649. The second kappa shape index (κ2) is 4.31. The van der Waals surface area contributed by atoms with E-state index in [2.05, 4.69) is 31.2 Å². The minimum Gasteiger partial charge on any atom is -0.319 e. The maximum atomic E-state index is 6.16. The fraction of sp³-hybridized carbons (Fsp3) is 0.300. The Morgan fingerprint density at radius 2 is 2.19 bits per heavy atom. The Labute approximate surface area is 102 Å². The first-order valence-corrected chi connectivity index (χ1v) is 5.61. The molecule has 0 aliphatic heterocycles. The molecule has 6 heteroatoms. The van der Waals surface area contributed by atoms with Gasteiger partial charge < -0.3 is 5.73 Å². The summed E-state index contributed by atoms with van der Waals surface area (Å²) in [5.74, 6) is 0. The average molecular weight is 282 g/mol. The molecule has 2 aromatic heterocycles. The molecule has 2 rings (SSSR count). The first-order chi connectivity index (χ1) is 7.59. The number of rotatable bonds is 2. The first kappa shape index (κ1) is 11.2. The van der Waals surface area contributed by atoms with E-state index in [1.165, 1.54) is 0 Å². The van der Waals surface area contributed by atoms with Crippen LogP contribution < -0.4 is 5.73 Å². The number of hydrogen-bond donors (Lipinski definition) is 1. The van der Waals surface area contributed by atoms with Crippen LogP contribution in [-0.4, -0.2) is 20.0 Å². The molecule has 16 heavy (non-hydrogen) atoms. The van der Waals surface area contributed by atoms with Gasteiger partial charge >= 0.3 is 0 Å². The lowest BCUT2D eigenvalue weighted by Gasteiger charge is -2.12. The number of nitrogens with zero attached hydrogens (tertiary/aromatic N) is 4. The Morgan fingerprint density at radius 3 is 2.75 bits per heavy atom. The van der Waals surface area contributed by atoms with Gasteiger partial charge in [0.1, 0.15) is 0 Å². The molecule has 5 nitrogen and oxygen atoms in total. The molecular weight excluding hydrogens is 270 g/mol. The number of hydrogen-bond acceptors (Lipinski definition) is 4. The zero-order valence-electron chi connectivity index (χ0n) is 9.05. The molecule has 84 valence electrons. The summed E-state index contributed by atoms with van der Waals surface area (Å²) < 4.78 is 2.33. The molecule has 0 aliphatic rings. The Kier molecular flexibility index (Phi) is 3.02. The van der Waals surface area contributed by atoms with Gasteiger partial charge in [0.25, 0.3) is 0 Å². The van der Waals surface area contributed by atoms with E-state index in [1.807, 2.05) is 20.0 Å². The van der Waals surface area contributed by atoms with Gasteiger partial charge in [0.15, 0.2) is 4.60 Å². The van der Waals surface area contributed by atoms with Gasteiger partial charge in [0.05, 0.1) is 11.7 Å². The lowest BCUT2D eigenvalue weighted by atomic mass is 10.1. The van der Waals surface area contributed by atoms with Crippen LogP contribution in [0.2, 0.25) is 0 Å². The van der Waals surface area contributed by atoms with Crippen molar-refractivity contribution >= 4 is 15.9 Å². The summed E-state index contributed by atoms with van der Waals surface area (Å²) in [7, 11) is 1.82. The Morgan fingerprint density at radius 1 is 1.44 bits per heavy atom. The molecule has 2 heterocycles. The molecule has 0 saturated carbocycles. The molecule has 0 spiro atoms. The van der Waals surface area contributed by atoms with E-state index in [-0.39, 0.29) is 6.04 Å². The normalized spacial score (nSPS) is 12.8. The van der Waals surface area contributed by atoms with Gasteiger partial charge in [-0.25, -0.2) is 4.68 Å². The molecule has 0 amide bonds. The second-order valence-electron chi connectivity index (χ2n) is 3.66. The molecule has 0 saturated heterocycles. The number of aryl methyl sites for hydroxylation is 2. The van der Waals surface area contributed by atoms with Crippen molar-refractivity contribution in [2.24, 2.45) is 12.8 Å². The average Bonchev–Trinajstić information content (AvgIpc) is 2.58. The highest BCUT2D eigenvalue weighted by molar-refractivity contribution is 9.10. The molecule has 1 atom stereocenters. The number of halogens is 1. The van der Waals surface area contributed by atoms with Crippen molar-refractivity contribution in [3.8, 4) is 0 Å². The molecule has 0 radical (unpaired) electrons. The SMILES string of the molecule is Cc1cncc(C(N)c2c(Br)nnn2C)c1. The van der Waals surface area contributed by atoms with E-state index in [0.29, 0.717) is 4.60 Å². The van der Waals surface area contributed by atoms with Crippen molar-refractivity contribution in [1.82, 2.24) is 20.0 Å². The third-order valence-corrected chi connectivity index (χ3v) is 2.94. The first-order valence-electron chi connectivity index (χ1n) is 4.82. The second-order valence-corrected chi connectivity index (χ2v) is 4.41. The number of pyridine rings is 1. The van der Waals surface area contributed by atoms with Crippen LogP contribution >= 0.6 is 15.9 Å². The Balaban J connectivity index is 2.43. The fourth-order valence-electron chi connectivity index (χ4n) is 1.58. The molecule has 0 bridgehead atoms. The Bertz CT molecular complexity index is 488. The van der Waals surface area contributed by atoms with Crippen LogP contribution in [0.3, 0.4) is 0 Å². The summed E-state index contributed by atoms with van der Waals surface area (Å²) in [5.41, 5.74) is 9.03. The topological polar surface area (TPSA) is 69.6 Å². The fourth-order valence-corrected chi connectivity index (χ4v) is 2.15. The van der Waals surface area contributed by atoms with E-state index >= 15 is 0 Å². The quantitative estimate of drug-likeness (QED) is 0.902. The zero-order valence-corrected chi connectivity index (χ0v) is 10.6. The van der Waals surface area contributed by atoms with Gasteiger partial charge in [0, 0.05) is 19.4 Å². The summed E-state index contributed by atoms with van der Waals surface area (Å²) in [6.45, 7) is 1.99. The van der Waals surface area contributed by atoms with E-state index in [4.69, 9.17) is 5.73 Å². The van der Waals surface area contributed by atoms with Crippen molar-refractivity contribution in [3.63, 3.8) is 0 Å². The summed E-state index contributed by atoms with van der Waals surface area (Å²) in [5, 5.41) is 7.82. The molecular formula is C10H12BrN5. The monoisotopic (exact) mass is 281 g/mol. The molecule has 2 N–H and O–H groups in total. The Hall–Kier alpha value is -1.27. The third kappa shape index (κ3) is 1.98. The largest absolute Gasteiger partial charge is 0.319 e. The van der Waals surface area contributed by atoms with Crippen LogP contribution in [-0.2, 0) is 7.05 Å². The highest BCUT2D eigenvalue weighted by Crippen LogP contribution is 2.24. The van der Waals surface area contributed by atoms with E-state index in [0.717, 1.165) is 16.8 Å². The number of aromatic nitrogens is 4. The highest BCUT2D eigenvalue weighted by Gasteiger charge is 2.18. The molecule has 0 fully saturated rings. The van der Waals surface area contributed by atoms with Crippen LogP contribution in [0.1, 0.15) is 22.9 Å². The predicted octanol–water partition coefficient (Wildman–Crippen LogP) is 1.33. The zero-order chi connectivity index (χ0) is 11.7. The maximum Gasteiger partial charge on any atom is 0.153 e. The van der Waals surface area contributed by atoms with Gasteiger partial charge in [0.2, 0.25) is 0 Å². The summed E-state index contributed by atoms with van der Waals surface area (Å²) >= 11 is 3.34. The van der Waals surface area contributed by atoms with Crippen molar-refractivity contribution in [2.75, 3.05) is 0 Å². The van der Waals surface area contributed by atoms with E-state index in [9.17, 15) is 0 Å². The van der Waals surface area contributed by atoms with Crippen molar-refractivity contribution in [2.45, 2.75) is 13.0 Å². The highest BCUT2D eigenvalue weighted by atomic mass is 79.9. The summed E-state index contributed by atoms with van der Waals surface area (Å²) in [4.78, 5) is 4.13. The standard InChI is InChI=1S/C10H12BrN5/c1-6-3-7(5-13-4-6)8(12)9-10(11)14-15-16(9)2/h3-5,8H,12H2,1-2H3. The van der Waals surface area contributed by atoms with Crippen molar-refractivity contribution < 1.29 is 0 Å². The van der Waals surface area contributed by atoms with E-state index < -0.39 is 0 Å². The predicted molar refractivity (Wildman–Crippen MR) is 63.7 cm³/mol. The lowest BCUT2D eigenvalue weighted by Crippen LogP contribution is -2.16. The van der Waals surface area contributed by atoms with Crippen molar-refractivity contribution in [1.29, 1.82) is 0 Å². The molecule has 1 unspecified atom stereocenters. The van der Waals surface area contributed by atoms with Crippen LogP contribution in [0.5, 0.6) is 0 Å². The molecule has 0 aliphatic carbocycles. The number of nitrogens with two attached hydrogens (primary N) is 1. The minimum atomic E-state index is -0.276. The summed E-state index contributed by atoms with van der Waals surface area (Å²) in [6, 6.07) is 1.73. The van der Waals surface area contributed by atoms with Crippen LogP contribution in [0.15, 0.2) is 23.1 Å². The summed E-state index contributed by atoms with van der Waals surface area (Å²) in [6.07, 6.45) is 3.56. The van der Waals surface area contributed by atoms with Gasteiger partial charge in [-0.15, -0.1) is 5.10 Å². The maximum absolute atomic E-state index is 6.16. The van der Waals surface area contributed by atoms with Gasteiger partial charge in [-0.1, -0.05) is 11.3 Å². The van der Waals surface area contributed by atoms with Crippen LogP contribution in [0, 0.1) is 6.92 Å². The minimum absolute atomic E-state index is 0.276. The smallest absolute Gasteiger partial charge is 0.153 e. The van der Waals surface area contributed by atoms with Gasteiger partial charge in [-0.2, -0.15) is 0 Å². The van der Waals surface area contributed by atoms with Crippen LogP contribution in [0.4, 0.5) is 0 Å². The van der Waals surface area contributed by atoms with E-state index in [1.54, 1.807) is 17.1 Å². The molecule has 0 aromatic carbocycles. The molecule has 2 aromatic rings. The van der Waals surface area contributed by atoms with Crippen LogP contribution in [0.25, 0.3) is 0 Å². The van der Waals surface area contributed by atoms with Gasteiger partial charge in [-0.05, 0) is 34.0 Å². The van der Waals surface area contributed by atoms with Gasteiger partial charge in [-0.3, -0.25) is 4.98 Å². The third-order valence-electron chi connectivity index (χ3n) is 2.38.